The Labute approximate surface area is 392 Å². The molecule has 0 radical (unpaired) electrons. The van der Waals surface area contributed by atoms with Crippen LogP contribution in [0.3, 0.4) is 0 Å². The number of unbranched alkanes of at least 4 members (excludes halogenated alkanes) is 5. The molecule has 0 heterocycles. The van der Waals surface area contributed by atoms with Crippen LogP contribution < -0.4 is 26.6 Å². The van der Waals surface area contributed by atoms with Crippen molar-refractivity contribution in [3.63, 3.8) is 0 Å². The first kappa shape index (κ1) is 63.4. The SMILES string of the molecule is CCCCNCCC[Si](OC)(OC)O[Si](CCCNCCCC)(OC)O[Si](CCCNCCCC)(OC)O[Si](CCCNCCCC)(OC)O[Si](CCCNCCCC)(OC)OC. The Morgan fingerprint density at radius 1 is 0.238 bits per heavy atom. The molecule has 0 aromatic heterocycles. The lowest BCUT2D eigenvalue weighted by molar-refractivity contribution is 0.0551. The standard InChI is InChI=1S/C42H101N5O11Si5/c1-13-18-28-43-33-23-38-59(48-6,49-7)55-61(52-10,40-25-35-45-30-20-15-3)57-63(54-12,42-27-37-47-32-22-17-5)58-62(53-11,41-26-36-46-31-21-16-4)56-60(50-8,51-9)39-24-34-44-29-19-14-2/h43-47H,13-42H2,1-12H3. The first-order valence-electron chi connectivity index (χ1n) is 24.8. The molecule has 0 fully saturated rings. The predicted octanol–water partition coefficient (Wildman–Crippen LogP) is 7.17. The zero-order chi connectivity index (χ0) is 47.0. The molecule has 0 aliphatic carbocycles. The minimum atomic E-state index is -3.83. The van der Waals surface area contributed by atoms with Gasteiger partial charge in [0.25, 0.3) is 0 Å². The van der Waals surface area contributed by atoms with Gasteiger partial charge in [0.2, 0.25) is 0 Å². The van der Waals surface area contributed by atoms with Gasteiger partial charge >= 0.3 is 44.0 Å². The average molecular weight is 993 g/mol. The van der Waals surface area contributed by atoms with E-state index in [2.05, 4.69) is 61.2 Å². The van der Waals surface area contributed by atoms with Crippen LogP contribution in [0.5, 0.6) is 0 Å². The number of hydrogen-bond acceptors (Lipinski definition) is 16. The Morgan fingerprint density at radius 3 is 0.571 bits per heavy atom. The van der Waals surface area contributed by atoms with Gasteiger partial charge in [-0.3, -0.25) is 0 Å². The van der Waals surface area contributed by atoms with Gasteiger partial charge in [0, 0.05) is 80.0 Å². The third kappa shape index (κ3) is 27.9. The van der Waals surface area contributed by atoms with E-state index in [1.807, 2.05) is 0 Å². The van der Waals surface area contributed by atoms with Gasteiger partial charge in [-0.2, -0.15) is 0 Å². The summed E-state index contributed by atoms with van der Waals surface area (Å²) in [5.41, 5.74) is 0. The van der Waals surface area contributed by atoms with E-state index in [1.54, 1.807) is 49.8 Å². The van der Waals surface area contributed by atoms with Gasteiger partial charge in [-0.25, -0.2) is 0 Å². The largest absolute Gasteiger partial charge is 0.493 e. The van der Waals surface area contributed by atoms with Gasteiger partial charge in [0.15, 0.2) is 0 Å². The molecular formula is C42H101N5O11Si5. The highest BCUT2D eigenvalue weighted by atomic mass is 28.5. The second-order valence-electron chi connectivity index (χ2n) is 16.3. The zero-order valence-electron chi connectivity index (χ0n) is 42.7. The summed E-state index contributed by atoms with van der Waals surface area (Å²) in [4.78, 5) is 0. The molecule has 2 atom stereocenters. The van der Waals surface area contributed by atoms with Crippen LogP contribution >= 0.6 is 0 Å². The fourth-order valence-corrected chi connectivity index (χ4v) is 27.6. The molecule has 0 bridgehead atoms. The Kier molecular flexibility index (Phi) is 40.6. The van der Waals surface area contributed by atoms with Crippen LogP contribution in [-0.2, 0) is 47.4 Å². The van der Waals surface area contributed by atoms with Crippen molar-refractivity contribution in [2.45, 2.75) is 161 Å². The summed E-state index contributed by atoms with van der Waals surface area (Å²) in [7, 11) is -6.26. The summed E-state index contributed by atoms with van der Waals surface area (Å²) >= 11 is 0. The lowest BCUT2D eigenvalue weighted by Gasteiger charge is -2.45. The van der Waals surface area contributed by atoms with Gasteiger partial charge < -0.3 is 74.0 Å². The molecular weight excluding hydrogens is 891 g/mol. The van der Waals surface area contributed by atoms with Crippen molar-refractivity contribution in [1.82, 2.24) is 26.6 Å². The summed E-state index contributed by atoms with van der Waals surface area (Å²) in [5.74, 6) is 0. The van der Waals surface area contributed by atoms with E-state index >= 15 is 0 Å². The van der Waals surface area contributed by atoms with Crippen molar-refractivity contribution in [2.24, 2.45) is 0 Å². The lowest BCUT2D eigenvalue weighted by Crippen LogP contribution is -2.68. The zero-order valence-corrected chi connectivity index (χ0v) is 47.7. The second-order valence-corrected chi connectivity index (χ2v) is 31.7. The normalized spacial score (nSPS) is 15.4. The molecule has 0 spiro atoms. The number of nitrogens with one attached hydrogen (secondary N) is 5. The molecule has 0 saturated carbocycles. The third-order valence-corrected chi connectivity index (χ3v) is 30.3. The summed E-state index contributed by atoms with van der Waals surface area (Å²) in [6.45, 7) is 19.7. The Hall–Kier alpha value is 0.444. The van der Waals surface area contributed by atoms with Gasteiger partial charge in [-0.15, -0.1) is 0 Å². The molecule has 16 nitrogen and oxygen atoms in total. The monoisotopic (exact) mass is 992 g/mol. The van der Waals surface area contributed by atoms with Crippen LogP contribution in [0.4, 0.5) is 0 Å². The van der Waals surface area contributed by atoms with Crippen molar-refractivity contribution >= 4 is 44.0 Å². The van der Waals surface area contributed by atoms with E-state index in [0.29, 0.717) is 30.2 Å². The lowest BCUT2D eigenvalue weighted by atomic mass is 10.3. The molecule has 2 unspecified atom stereocenters. The van der Waals surface area contributed by atoms with Gasteiger partial charge in [-0.05, 0) is 130 Å². The third-order valence-electron chi connectivity index (χ3n) is 11.1. The van der Waals surface area contributed by atoms with E-state index in [-0.39, 0.29) is 0 Å². The Balaban J connectivity index is 7.38. The van der Waals surface area contributed by atoms with E-state index in [1.165, 1.54) is 0 Å². The van der Waals surface area contributed by atoms with Crippen molar-refractivity contribution in [2.75, 3.05) is 115 Å². The maximum absolute atomic E-state index is 7.51. The van der Waals surface area contributed by atoms with E-state index < -0.39 is 44.0 Å². The highest BCUT2D eigenvalue weighted by molar-refractivity contribution is 6.85. The number of hydrogen-bond donors (Lipinski definition) is 5. The molecule has 0 aromatic carbocycles. The van der Waals surface area contributed by atoms with Crippen LogP contribution in [0.15, 0.2) is 0 Å². The molecule has 0 amide bonds. The molecule has 0 rings (SSSR count). The topological polar surface area (TPSA) is 162 Å². The first-order valence-corrected chi connectivity index (χ1v) is 34.4. The maximum Gasteiger partial charge on any atom is 0.493 e. The predicted molar refractivity (Wildman–Crippen MR) is 268 cm³/mol. The molecule has 5 N–H and O–H groups in total. The molecule has 0 aromatic rings. The molecule has 0 aliphatic rings. The van der Waals surface area contributed by atoms with Crippen LogP contribution in [0.25, 0.3) is 0 Å². The second kappa shape index (κ2) is 40.3. The molecule has 380 valence electrons. The van der Waals surface area contributed by atoms with E-state index in [9.17, 15) is 0 Å². The maximum atomic E-state index is 7.51. The highest BCUT2D eigenvalue weighted by Gasteiger charge is 2.63. The van der Waals surface area contributed by atoms with Crippen LogP contribution in [0, 0.1) is 0 Å². The van der Waals surface area contributed by atoms with Crippen molar-refractivity contribution in [1.29, 1.82) is 0 Å². The van der Waals surface area contributed by atoms with Gasteiger partial charge in [0.05, 0.1) is 0 Å². The fourth-order valence-electron chi connectivity index (χ4n) is 7.00. The van der Waals surface area contributed by atoms with Crippen LogP contribution in [0.2, 0.25) is 30.2 Å². The summed E-state index contributed by atoms with van der Waals surface area (Å²) in [6, 6.07) is 2.65. The smallest absolute Gasteiger partial charge is 0.378 e. The fraction of sp³-hybridized carbons (Fsp3) is 1.00. The van der Waals surface area contributed by atoms with Crippen molar-refractivity contribution in [3.8, 4) is 0 Å². The average Bonchev–Trinajstić information content (AvgIpc) is 3.31. The Morgan fingerprint density at radius 2 is 0.397 bits per heavy atom. The summed E-state index contributed by atoms with van der Waals surface area (Å²) in [6.07, 6.45) is 15.1. The molecule has 21 heteroatoms. The summed E-state index contributed by atoms with van der Waals surface area (Å²) in [5, 5.41) is 17.9. The molecule has 0 saturated heterocycles. The summed E-state index contributed by atoms with van der Waals surface area (Å²) < 4.78 is 74.4. The van der Waals surface area contributed by atoms with Crippen LogP contribution in [0.1, 0.15) is 131 Å². The van der Waals surface area contributed by atoms with Crippen molar-refractivity contribution < 1.29 is 47.4 Å². The first-order chi connectivity index (χ1) is 30.6. The van der Waals surface area contributed by atoms with Crippen molar-refractivity contribution in [3.05, 3.63) is 0 Å². The van der Waals surface area contributed by atoms with E-state index in [0.717, 1.165) is 162 Å². The Bertz CT molecular complexity index is 961. The van der Waals surface area contributed by atoms with Gasteiger partial charge in [0.1, 0.15) is 0 Å². The highest BCUT2D eigenvalue weighted by Crippen LogP contribution is 2.36. The van der Waals surface area contributed by atoms with E-state index in [4.69, 9.17) is 47.4 Å². The minimum Gasteiger partial charge on any atom is -0.378 e. The quantitative estimate of drug-likeness (QED) is 0.0308. The molecule has 63 heavy (non-hydrogen) atoms. The number of rotatable bonds is 50. The van der Waals surface area contributed by atoms with Gasteiger partial charge in [-0.1, -0.05) is 66.7 Å². The minimum absolute atomic E-state index is 0.473. The molecule has 0 aliphatic heterocycles. The van der Waals surface area contributed by atoms with Crippen LogP contribution in [-0.4, -0.2) is 159 Å².